The number of benzene rings is 5. The zero-order chi connectivity index (χ0) is 67.9. The van der Waals surface area contributed by atoms with E-state index < -0.39 is 76.3 Å². The summed E-state index contributed by atoms with van der Waals surface area (Å²) < 4.78 is 59.8. The van der Waals surface area contributed by atoms with Crippen LogP contribution in [0.5, 0.6) is 5.75 Å². The van der Waals surface area contributed by atoms with Crippen molar-refractivity contribution in [3.63, 3.8) is 0 Å². The third-order valence-corrected chi connectivity index (χ3v) is 18.7. The number of ether oxygens (including phenoxy) is 10. The number of aliphatic hydroxyl groups is 1. The lowest BCUT2D eigenvalue weighted by Crippen LogP contribution is -2.37. The van der Waals surface area contributed by atoms with Crippen molar-refractivity contribution in [2.24, 2.45) is 0 Å². The van der Waals surface area contributed by atoms with Crippen molar-refractivity contribution < 1.29 is 71.7 Å². The number of hydrogen-bond donors (Lipinski definition) is 1. The number of rotatable bonds is 30. The van der Waals surface area contributed by atoms with E-state index in [0.29, 0.717) is 74.4 Å². The molecule has 5 aromatic rings. The molecule has 2 aliphatic rings. The first-order valence-electron chi connectivity index (χ1n) is 32.3. The normalized spacial score (nSPS) is 18.5. The average molecular weight is 1310 g/mol. The van der Waals surface area contributed by atoms with Crippen molar-refractivity contribution in [2.45, 2.75) is 187 Å². The van der Waals surface area contributed by atoms with Crippen molar-refractivity contribution in [3.05, 3.63) is 207 Å². The van der Waals surface area contributed by atoms with Crippen LogP contribution in [0.3, 0.4) is 0 Å². The Morgan fingerprint density at radius 1 is 0.538 bits per heavy atom. The second-order valence-electron chi connectivity index (χ2n) is 27.1. The minimum Gasteiger partial charge on any atom is -0.497 e. The second-order valence-corrected chi connectivity index (χ2v) is 38.3. The fraction of sp³-hybridized carbons (Fsp3) is 0.447. The smallest absolute Gasteiger partial charge is 0.338 e. The fourth-order valence-corrected chi connectivity index (χ4v) is 12.2. The zero-order valence-electron chi connectivity index (χ0n) is 57.4. The summed E-state index contributed by atoms with van der Waals surface area (Å²) in [7, 11) is -1.04. The zero-order valence-corrected chi connectivity index (χ0v) is 59.4. The van der Waals surface area contributed by atoms with Gasteiger partial charge in [0.05, 0.1) is 68.0 Å². The van der Waals surface area contributed by atoms with Gasteiger partial charge < -0.3 is 52.5 Å². The molecule has 0 aliphatic carbocycles. The van der Waals surface area contributed by atoms with Gasteiger partial charge in [-0.1, -0.05) is 160 Å². The Labute approximate surface area is 554 Å². The maximum absolute atomic E-state index is 13.3. The highest BCUT2D eigenvalue weighted by Gasteiger charge is 2.47. The largest absolute Gasteiger partial charge is 0.497 e. The summed E-state index contributed by atoms with van der Waals surface area (Å²) in [6, 6.07) is 35.3. The van der Waals surface area contributed by atoms with Crippen LogP contribution < -0.4 is 4.74 Å². The molecule has 2 saturated heterocycles. The minimum atomic E-state index is -1.35. The summed E-state index contributed by atoms with van der Waals surface area (Å²) in [5, 5.41) is 9.29. The van der Waals surface area contributed by atoms with Crippen LogP contribution in [-0.4, -0.2) is 127 Å². The molecule has 0 radical (unpaired) electrons. The summed E-state index contributed by atoms with van der Waals surface area (Å²) in [6.07, 6.45) is 13.6. The summed E-state index contributed by atoms with van der Waals surface area (Å²) >= 11 is 0. The molecule has 2 aliphatic heterocycles. The summed E-state index contributed by atoms with van der Waals surface area (Å²) in [6.45, 7) is 30.6. The monoisotopic (exact) mass is 1310 g/mol. The molecule has 17 heteroatoms. The molecule has 2 heterocycles. The van der Waals surface area contributed by atoms with Crippen LogP contribution in [0.15, 0.2) is 146 Å². The maximum Gasteiger partial charge on any atom is 0.338 e. The Kier molecular flexibility index (Phi) is 28.6. The van der Waals surface area contributed by atoms with Gasteiger partial charge in [-0.3, -0.25) is 0 Å². The van der Waals surface area contributed by atoms with Gasteiger partial charge in [-0.2, -0.15) is 0 Å². The molecular formula is C76H100O15Si2. The number of carbonyl (C=O) groups excluding carboxylic acids is 4. The molecule has 1 N–H and O–H groups in total. The van der Waals surface area contributed by atoms with Gasteiger partial charge in [0.2, 0.25) is 0 Å². The Balaban J connectivity index is 0.000000301. The molecule has 2 fully saturated rings. The first kappa shape index (κ1) is 75.0. The van der Waals surface area contributed by atoms with Crippen molar-refractivity contribution >= 4 is 52.2 Å². The van der Waals surface area contributed by atoms with Crippen LogP contribution in [0.4, 0.5) is 0 Å². The predicted molar refractivity (Wildman–Crippen MR) is 372 cm³/mol. The molecule has 5 aromatic carbocycles. The third-order valence-electron chi connectivity index (χ3n) is 15.3. The molecule has 7 rings (SSSR count). The number of carbonyl (C=O) groups is 4. The molecule has 93 heavy (non-hydrogen) atoms. The number of aryl methyl sites for hydroxylation is 4. The van der Waals surface area contributed by atoms with Gasteiger partial charge in [0.15, 0.2) is 11.6 Å². The van der Waals surface area contributed by atoms with E-state index in [1.165, 1.54) is 0 Å². The van der Waals surface area contributed by atoms with E-state index >= 15 is 0 Å². The van der Waals surface area contributed by atoms with Crippen molar-refractivity contribution in [3.8, 4) is 5.75 Å². The number of aliphatic hydroxyl groups excluding tert-OH is 1. The Morgan fingerprint density at radius 2 is 0.957 bits per heavy atom. The molecule has 4 unspecified atom stereocenters. The Morgan fingerprint density at radius 3 is 1.35 bits per heavy atom. The number of esters is 4. The molecule has 0 amide bonds. The highest BCUT2D eigenvalue weighted by Crippen LogP contribution is 2.36. The molecule has 0 aromatic heterocycles. The van der Waals surface area contributed by atoms with Gasteiger partial charge in [0.25, 0.3) is 0 Å². The third kappa shape index (κ3) is 25.0. The molecule has 502 valence electrons. The maximum atomic E-state index is 13.3. The Bertz CT molecular complexity index is 3340. The SMILES string of the molecule is COc1ccc(COCC/C=C\C(OC(=O)c2ccccc2)C2OC(C)(C)O[C@H]2C/C=C/c2cc(C)cc(C)c2C(=O)OCC[Si](C)(C)C)cc1.Cc1cc(C)c(C(=O)OCC[Si](C)(C)C)c(/C=C/C[C@@H]2OC(C)(C)OC2C(/C=C\CCO)OC(=O)c2ccccc2)c1. The van der Waals surface area contributed by atoms with Crippen LogP contribution in [0.25, 0.3) is 12.2 Å². The minimum absolute atomic E-state index is 0.0195. The summed E-state index contributed by atoms with van der Waals surface area (Å²) in [4.78, 5) is 52.6. The first-order chi connectivity index (χ1) is 44.0. The van der Waals surface area contributed by atoms with E-state index in [-0.39, 0.29) is 18.5 Å². The second kappa shape index (κ2) is 35.4. The van der Waals surface area contributed by atoms with Crippen LogP contribution in [-0.2, 0) is 49.2 Å². The van der Waals surface area contributed by atoms with E-state index in [4.69, 9.17) is 47.4 Å². The molecule has 6 atom stereocenters. The quantitative estimate of drug-likeness (QED) is 0.0151. The van der Waals surface area contributed by atoms with Crippen LogP contribution in [0.2, 0.25) is 51.4 Å². The first-order valence-corrected chi connectivity index (χ1v) is 39.7. The van der Waals surface area contributed by atoms with E-state index in [9.17, 15) is 24.3 Å². The van der Waals surface area contributed by atoms with Crippen LogP contribution in [0.1, 0.15) is 134 Å². The molecular weight excluding hydrogens is 1210 g/mol. The highest BCUT2D eigenvalue weighted by molar-refractivity contribution is 6.76. The standard InChI is InChI=1S/C42H54O8Si.C34H46O7Si/c1-30-27-31(2)38(41(44)47-25-26-51(6,7)8)34(28-30)17-14-19-37-39(50-42(3,4)49-37)36(48-40(43)33-15-10-9-11-16-33)18-12-13-24-46-29-32-20-22-35(45-5)23-21-32;1-24-22-25(2)30(33(37)38-20-21-42(5,6)7)27(23-24)16-13-18-29-31(41-34(3,4)40-29)28(17-11-12-19-35)39-32(36)26-14-9-8-10-15-26/h9-12,14-18,20-23,27-28,36-37,39H,13,19,24-26,29H2,1-8H3;8-11,13-17,22-23,28-29,31,35H,12,18-21H2,1-7H3/b17-14+,18-12-;16-13+,17-11-/t36?,37-,39?;28?,29-,31?/m00/s1. The van der Waals surface area contributed by atoms with Crippen LogP contribution >= 0.6 is 0 Å². The molecule has 0 spiro atoms. The Hall–Kier alpha value is -7.07. The number of hydrogen-bond acceptors (Lipinski definition) is 15. The van der Waals surface area contributed by atoms with Crippen LogP contribution in [0, 0.1) is 27.7 Å². The van der Waals surface area contributed by atoms with Crippen molar-refractivity contribution in [2.75, 3.05) is 33.5 Å². The fourth-order valence-electron chi connectivity index (χ4n) is 10.7. The topological polar surface area (TPSA) is 181 Å². The summed E-state index contributed by atoms with van der Waals surface area (Å²) in [5.41, 5.74) is 8.50. The van der Waals surface area contributed by atoms with Gasteiger partial charge >= 0.3 is 23.9 Å². The predicted octanol–water partition coefficient (Wildman–Crippen LogP) is 16.0. The lowest BCUT2D eigenvalue weighted by molar-refractivity contribution is -0.153. The molecule has 0 bridgehead atoms. The lowest BCUT2D eigenvalue weighted by Gasteiger charge is -2.24. The van der Waals surface area contributed by atoms with Gasteiger partial charge in [0.1, 0.15) is 30.2 Å². The summed E-state index contributed by atoms with van der Waals surface area (Å²) in [5.74, 6) is -2.53. The van der Waals surface area contributed by atoms with Crippen molar-refractivity contribution in [1.29, 1.82) is 0 Å². The highest BCUT2D eigenvalue weighted by atomic mass is 28.3. The van der Waals surface area contributed by atoms with Gasteiger partial charge in [-0.15, -0.1) is 0 Å². The number of methoxy groups -OCH3 is 1. The van der Waals surface area contributed by atoms with E-state index in [1.54, 1.807) is 67.8 Å². The van der Waals surface area contributed by atoms with Gasteiger partial charge in [-0.05, 0) is 170 Å². The lowest BCUT2D eigenvalue weighted by atomic mass is 9.97. The van der Waals surface area contributed by atoms with E-state index in [2.05, 4.69) is 39.3 Å². The average Bonchev–Trinajstić information content (AvgIpc) is 1.90. The van der Waals surface area contributed by atoms with Gasteiger partial charge in [0, 0.05) is 22.8 Å². The van der Waals surface area contributed by atoms with Gasteiger partial charge in [-0.25, -0.2) is 19.2 Å². The van der Waals surface area contributed by atoms with E-state index in [0.717, 1.165) is 56.8 Å². The molecule has 15 nitrogen and oxygen atoms in total. The van der Waals surface area contributed by atoms with Crippen molar-refractivity contribution in [1.82, 2.24) is 0 Å². The van der Waals surface area contributed by atoms with E-state index in [1.807, 2.05) is 153 Å². The molecule has 0 saturated carbocycles.